The van der Waals surface area contributed by atoms with Gasteiger partial charge in [-0.15, -0.1) is 11.8 Å². The summed E-state index contributed by atoms with van der Waals surface area (Å²) in [7, 11) is 0. The summed E-state index contributed by atoms with van der Waals surface area (Å²) < 4.78 is 5.16. The predicted octanol–water partition coefficient (Wildman–Crippen LogP) is 3.76. The second-order valence-corrected chi connectivity index (χ2v) is 7.73. The van der Waals surface area contributed by atoms with Crippen LogP contribution in [0.2, 0.25) is 0 Å². The Balaban J connectivity index is 1.86. The number of esters is 1. The van der Waals surface area contributed by atoms with Crippen LogP contribution in [0, 0.1) is 18.3 Å². The number of nitrogens with zero attached hydrogens (tertiary/aromatic N) is 2. The number of aromatic nitrogens is 1. The highest BCUT2D eigenvalue weighted by atomic mass is 32.2. The number of nitriles is 1. The van der Waals surface area contributed by atoms with Crippen molar-refractivity contribution >= 4 is 40.1 Å². The van der Waals surface area contributed by atoms with E-state index in [4.69, 9.17) is 10.00 Å². The first kappa shape index (κ1) is 19.9. The second-order valence-electron chi connectivity index (χ2n) is 5.74. The summed E-state index contributed by atoms with van der Waals surface area (Å²) in [6.45, 7) is 5.26. The van der Waals surface area contributed by atoms with E-state index < -0.39 is 5.97 Å². The average molecular weight is 390 g/mol. The lowest BCUT2D eigenvalue weighted by atomic mass is 10.2. The third-order valence-corrected chi connectivity index (χ3v) is 5.19. The first-order valence-electron chi connectivity index (χ1n) is 7.94. The summed E-state index contributed by atoms with van der Waals surface area (Å²) in [5.41, 5.74) is 2.13. The Morgan fingerprint density at radius 2 is 2.19 bits per heavy atom. The monoisotopic (exact) mass is 389 g/mol. The predicted molar refractivity (Wildman–Crippen MR) is 103 cm³/mol. The zero-order chi connectivity index (χ0) is 19.1. The van der Waals surface area contributed by atoms with E-state index in [9.17, 15) is 9.59 Å². The SMILES string of the molecule is Cc1nc(NC(=O)CSCc2cccc(C#N)c2)sc1C(=O)OC(C)C. The third-order valence-electron chi connectivity index (χ3n) is 3.13. The standard InChI is InChI=1S/C18H19N3O3S2/c1-11(2)24-17(23)16-12(3)20-18(26-16)21-15(22)10-25-9-14-6-4-5-13(7-14)8-19/h4-7,11H,9-10H2,1-3H3,(H,20,21,22). The molecule has 0 unspecified atom stereocenters. The van der Waals surface area contributed by atoms with Crippen LogP contribution in [-0.4, -0.2) is 28.7 Å². The molecule has 0 bridgehead atoms. The average Bonchev–Trinajstić information content (AvgIpc) is 2.94. The molecule has 1 amide bonds. The molecule has 0 aliphatic carbocycles. The number of amides is 1. The number of carbonyl (C=O) groups excluding carboxylic acids is 2. The van der Waals surface area contributed by atoms with Gasteiger partial charge >= 0.3 is 5.97 Å². The zero-order valence-corrected chi connectivity index (χ0v) is 16.4. The van der Waals surface area contributed by atoms with Gasteiger partial charge in [-0.3, -0.25) is 4.79 Å². The lowest BCUT2D eigenvalue weighted by molar-refractivity contribution is -0.113. The maximum atomic E-state index is 12.1. The topological polar surface area (TPSA) is 92.1 Å². The summed E-state index contributed by atoms with van der Waals surface area (Å²) in [6.07, 6.45) is -0.210. The molecular weight excluding hydrogens is 370 g/mol. The summed E-state index contributed by atoms with van der Waals surface area (Å²) in [6, 6.07) is 9.39. The number of hydrogen-bond donors (Lipinski definition) is 1. The molecule has 1 N–H and O–H groups in total. The first-order valence-corrected chi connectivity index (χ1v) is 9.91. The Hall–Kier alpha value is -2.37. The number of hydrogen-bond acceptors (Lipinski definition) is 7. The Morgan fingerprint density at radius 1 is 1.42 bits per heavy atom. The Labute approximate surface area is 160 Å². The highest BCUT2D eigenvalue weighted by Gasteiger charge is 2.18. The minimum Gasteiger partial charge on any atom is -0.459 e. The number of nitrogens with one attached hydrogen (secondary N) is 1. The molecule has 6 nitrogen and oxygen atoms in total. The highest BCUT2D eigenvalue weighted by molar-refractivity contribution is 7.99. The van der Waals surface area contributed by atoms with Crippen molar-refractivity contribution < 1.29 is 14.3 Å². The normalized spacial score (nSPS) is 10.4. The van der Waals surface area contributed by atoms with E-state index in [0.29, 0.717) is 27.0 Å². The first-order chi connectivity index (χ1) is 12.4. The highest BCUT2D eigenvalue weighted by Crippen LogP contribution is 2.24. The molecule has 1 aromatic carbocycles. The number of anilines is 1. The summed E-state index contributed by atoms with van der Waals surface area (Å²) in [5.74, 6) is 0.263. The van der Waals surface area contributed by atoms with Crippen molar-refractivity contribution in [2.45, 2.75) is 32.6 Å². The van der Waals surface area contributed by atoms with Crippen LogP contribution in [0.5, 0.6) is 0 Å². The summed E-state index contributed by atoms with van der Waals surface area (Å²) in [4.78, 5) is 28.6. The molecule has 2 rings (SSSR count). The quantitative estimate of drug-likeness (QED) is 0.725. The van der Waals surface area contributed by atoms with Crippen LogP contribution in [0.4, 0.5) is 5.13 Å². The number of rotatable bonds is 7. The van der Waals surface area contributed by atoms with Crippen molar-refractivity contribution in [2.24, 2.45) is 0 Å². The van der Waals surface area contributed by atoms with E-state index in [-0.39, 0.29) is 17.8 Å². The minimum absolute atomic E-state index is 0.191. The fourth-order valence-electron chi connectivity index (χ4n) is 2.05. The van der Waals surface area contributed by atoms with Gasteiger partial charge < -0.3 is 10.1 Å². The van der Waals surface area contributed by atoms with Crippen LogP contribution in [0.1, 0.15) is 40.3 Å². The van der Waals surface area contributed by atoms with Gasteiger partial charge in [0.25, 0.3) is 0 Å². The molecule has 0 aliphatic heterocycles. The Kier molecular flexibility index (Phi) is 7.18. The number of aryl methyl sites for hydroxylation is 1. The molecule has 0 spiro atoms. The van der Waals surface area contributed by atoms with Gasteiger partial charge in [0, 0.05) is 5.75 Å². The van der Waals surface area contributed by atoms with E-state index in [1.807, 2.05) is 18.2 Å². The zero-order valence-electron chi connectivity index (χ0n) is 14.7. The van der Waals surface area contributed by atoms with Crippen LogP contribution >= 0.6 is 23.1 Å². The summed E-state index contributed by atoms with van der Waals surface area (Å²) in [5, 5.41) is 12.0. The number of carbonyl (C=O) groups is 2. The maximum absolute atomic E-state index is 12.1. The second kappa shape index (κ2) is 9.36. The molecule has 1 heterocycles. The van der Waals surface area contributed by atoms with Gasteiger partial charge in [0.1, 0.15) is 4.88 Å². The molecule has 0 atom stereocenters. The van der Waals surface area contributed by atoms with Crippen molar-refractivity contribution in [1.82, 2.24) is 4.98 Å². The molecule has 0 fully saturated rings. The van der Waals surface area contributed by atoms with Gasteiger partial charge in [-0.2, -0.15) is 5.26 Å². The van der Waals surface area contributed by atoms with Gasteiger partial charge in [-0.1, -0.05) is 23.5 Å². The number of benzene rings is 1. The Bertz CT molecular complexity index is 840. The molecular formula is C18H19N3O3S2. The largest absolute Gasteiger partial charge is 0.459 e. The summed E-state index contributed by atoms with van der Waals surface area (Å²) >= 11 is 2.55. The molecule has 0 saturated heterocycles. The van der Waals surface area contributed by atoms with Crippen molar-refractivity contribution in [2.75, 3.05) is 11.1 Å². The van der Waals surface area contributed by atoms with E-state index in [2.05, 4.69) is 16.4 Å². The lowest BCUT2D eigenvalue weighted by Gasteiger charge is -2.05. The van der Waals surface area contributed by atoms with Gasteiger partial charge in [-0.05, 0) is 38.5 Å². The Morgan fingerprint density at radius 3 is 2.88 bits per heavy atom. The maximum Gasteiger partial charge on any atom is 0.350 e. The van der Waals surface area contributed by atoms with E-state index in [1.54, 1.807) is 26.8 Å². The van der Waals surface area contributed by atoms with Crippen LogP contribution in [-0.2, 0) is 15.3 Å². The number of ether oxygens (including phenoxy) is 1. The van der Waals surface area contributed by atoms with E-state index >= 15 is 0 Å². The third kappa shape index (κ3) is 5.86. The van der Waals surface area contributed by atoms with Gasteiger partial charge in [0.05, 0.1) is 29.2 Å². The van der Waals surface area contributed by atoms with E-state index in [0.717, 1.165) is 16.9 Å². The molecule has 1 aromatic heterocycles. The lowest BCUT2D eigenvalue weighted by Crippen LogP contribution is -2.14. The molecule has 0 radical (unpaired) electrons. The van der Waals surface area contributed by atoms with Crippen LogP contribution in [0.15, 0.2) is 24.3 Å². The van der Waals surface area contributed by atoms with Crippen LogP contribution in [0.3, 0.4) is 0 Å². The number of thioether (sulfide) groups is 1. The van der Waals surface area contributed by atoms with Crippen LogP contribution < -0.4 is 5.32 Å². The molecule has 8 heteroatoms. The minimum atomic E-state index is -0.428. The van der Waals surface area contributed by atoms with Crippen molar-refractivity contribution in [3.63, 3.8) is 0 Å². The van der Waals surface area contributed by atoms with Gasteiger partial charge in [-0.25, -0.2) is 9.78 Å². The van der Waals surface area contributed by atoms with E-state index in [1.165, 1.54) is 11.8 Å². The van der Waals surface area contributed by atoms with Gasteiger partial charge in [0.2, 0.25) is 5.91 Å². The molecule has 0 saturated carbocycles. The van der Waals surface area contributed by atoms with Crippen LogP contribution in [0.25, 0.3) is 0 Å². The van der Waals surface area contributed by atoms with Crippen molar-refractivity contribution in [3.8, 4) is 6.07 Å². The van der Waals surface area contributed by atoms with Gasteiger partial charge in [0.15, 0.2) is 5.13 Å². The fraction of sp³-hybridized carbons (Fsp3) is 0.333. The fourth-order valence-corrected chi connectivity index (χ4v) is 3.69. The molecule has 26 heavy (non-hydrogen) atoms. The molecule has 0 aliphatic rings. The van der Waals surface area contributed by atoms with Crippen molar-refractivity contribution in [3.05, 3.63) is 46.0 Å². The molecule has 2 aromatic rings. The molecule has 136 valence electrons. The number of thiazole rings is 1. The smallest absolute Gasteiger partial charge is 0.350 e. The van der Waals surface area contributed by atoms with Crippen molar-refractivity contribution in [1.29, 1.82) is 5.26 Å².